The summed E-state index contributed by atoms with van der Waals surface area (Å²) in [7, 11) is -3.72. The van der Waals surface area contributed by atoms with Gasteiger partial charge in [0.25, 0.3) is 0 Å². The standard InChI is InChI=1S/C22H28N2O6S/c1-4-17-5-8-19(9-6-17)28-12-11-23-22(25)16(2)24(31(3,26)27)18-7-10-20-21(15-18)30-14-13-29-20/h5-10,15-16H,4,11-14H2,1-3H3,(H,23,25)/t16-/m0/s1. The lowest BCUT2D eigenvalue weighted by molar-refractivity contribution is -0.121. The first-order valence-corrected chi connectivity index (χ1v) is 12.0. The Balaban J connectivity index is 1.61. The van der Waals surface area contributed by atoms with Gasteiger partial charge < -0.3 is 19.5 Å². The summed E-state index contributed by atoms with van der Waals surface area (Å²) >= 11 is 0. The topological polar surface area (TPSA) is 94.2 Å². The Kier molecular flexibility index (Phi) is 7.27. The van der Waals surface area contributed by atoms with Crippen molar-refractivity contribution in [1.82, 2.24) is 5.32 Å². The smallest absolute Gasteiger partial charge is 0.243 e. The molecule has 0 spiro atoms. The Morgan fingerprint density at radius 3 is 2.45 bits per heavy atom. The summed E-state index contributed by atoms with van der Waals surface area (Å²) in [6, 6.07) is 11.6. The van der Waals surface area contributed by atoms with E-state index in [0.29, 0.717) is 36.1 Å². The number of benzene rings is 2. The van der Waals surface area contributed by atoms with E-state index in [1.807, 2.05) is 24.3 Å². The average molecular weight is 449 g/mol. The first-order chi connectivity index (χ1) is 14.8. The molecule has 8 nitrogen and oxygen atoms in total. The first-order valence-electron chi connectivity index (χ1n) is 10.2. The van der Waals surface area contributed by atoms with Gasteiger partial charge in [0, 0.05) is 6.07 Å². The monoisotopic (exact) mass is 448 g/mol. The van der Waals surface area contributed by atoms with Gasteiger partial charge in [-0.25, -0.2) is 8.42 Å². The number of fused-ring (bicyclic) bond motifs is 1. The molecule has 31 heavy (non-hydrogen) atoms. The van der Waals surface area contributed by atoms with Crippen molar-refractivity contribution in [1.29, 1.82) is 0 Å². The lowest BCUT2D eigenvalue weighted by atomic mass is 10.2. The molecule has 1 N–H and O–H groups in total. The van der Waals surface area contributed by atoms with Crippen LogP contribution in [0.25, 0.3) is 0 Å². The molecule has 0 aromatic heterocycles. The summed E-state index contributed by atoms with van der Waals surface area (Å²) in [6.45, 7) is 4.96. The summed E-state index contributed by atoms with van der Waals surface area (Å²) < 4.78 is 42.7. The first kappa shape index (κ1) is 22.7. The molecule has 0 saturated carbocycles. The van der Waals surface area contributed by atoms with Crippen LogP contribution >= 0.6 is 0 Å². The summed E-state index contributed by atoms with van der Waals surface area (Å²) in [4.78, 5) is 12.7. The van der Waals surface area contributed by atoms with Crippen molar-refractivity contribution >= 4 is 21.6 Å². The molecule has 2 aromatic carbocycles. The van der Waals surface area contributed by atoms with Gasteiger partial charge in [0.05, 0.1) is 18.5 Å². The highest BCUT2D eigenvalue weighted by Crippen LogP contribution is 2.35. The maximum absolute atomic E-state index is 12.7. The fraction of sp³-hybridized carbons (Fsp3) is 0.409. The number of hydrogen-bond acceptors (Lipinski definition) is 6. The molecule has 1 aliphatic heterocycles. The van der Waals surface area contributed by atoms with Crippen molar-refractivity contribution in [2.75, 3.05) is 36.9 Å². The van der Waals surface area contributed by atoms with Crippen molar-refractivity contribution < 1.29 is 27.4 Å². The number of anilines is 1. The highest BCUT2D eigenvalue weighted by Gasteiger charge is 2.30. The van der Waals surface area contributed by atoms with Crippen LogP contribution in [0.2, 0.25) is 0 Å². The number of ether oxygens (including phenoxy) is 3. The second kappa shape index (κ2) is 9.91. The highest BCUT2D eigenvalue weighted by molar-refractivity contribution is 7.92. The van der Waals surface area contributed by atoms with Gasteiger partial charge in [-0.1, -0.05) is 19.1 Å². The number of aryl methyl sites for hydroxylation is 1. The minimum absolute atomic E-state index is 0.247. The van der Waals surface area contributed by atoms with Gasteiger partial charge in [-0.3, -0.25) is 9.10 Å². The number of nitrogens with one attached hydrogen (secondary N) is 1. The molecule has 0 bridgehead atoms. The van der Waals surface area contributed by atoms with Gasteiger partial charge in [0.2, 0.25) is 15.9 Å². The molecule has 0 saturated heterocycles. The van der Waals surface area contributed by atoms with Crippen LogP contribution in [0.5, 0.6) is 17.2 Å². The van der Waals surface area contributed by atoms with E-state index < -0.39 is 22.0 Å². The second-order valence-corrected chi connectivity index (χ2v) is 9.06. The molecule has 0 unspecified atom stereocenters. The Morgan fingerprint density at radius 1 is 1.13 bits per heavy atom. The Labute approximate surface area is 183 Å². The maximum Gasteiger partial charge on any atom is 0.243 e. The molecule has 0 fully saturated rings. The van der Waals surface area contributed by atoms with Crippen molar-refractivity contribution in [3.05, 3.63) is 48.0 Å². The van der Waals surface area contributed by atoms with Crippen LogP contribution in [-0.2, 0) is 21.2 Å². The van der Waals surface area contributed by atoms with Gasteiger partial charge in [-0.2, -0.15) is 0 Å². The zero-order chi connectivity index (χ0) is 22.4. The molecule has 1 heterocycles. The molecule has 0 aliphatic carbocycles. The lowest BCUT2D eigenvalue weighted by Gasteiger charge is -2.29. The van der Waals surface area contributed by atoms with Crippen LogP contribution in [0.1, 0.15) is 19.4 Å². The summed E-state index contributed by atoms with van der Waals surface area (Å²) in [5.74, 6) is 1.29. The molecule has 1 amide bonds. The normalized spacial score (nSPS) is 13.9. The quantitative estimate of drug-likeness (QED) is 0.592. The maximum atomic E-state index is 12.7. The minimum Gasteiger partial charge on any atom is -0.492 e. The SMILES string of the molecule is CCc1ccc(OCCNC(=O)[C@H](C)N(c2ccc3c(c2)OCCO3)S(C)(=O)=O)cc1. The highest BCUT2D eigenvalue weighted by atomic mass is 32.2. The van der Waals surface area contributed by atoms with Crippen LogP contribution in [0.15, 0.2) is 42.5 Å². The largest absolute Gasteiger partial charge is 0.492 e. The number of hydrogen-bond donors (Lipinski definition) is 1. The van der Waals surface area contributed by atoms with Crippen molar-refractivity contribution in [3.8, 4) is 17.2 Å². The van der Waals surface area contributed by atoms with Crippen LogP contribution in [-0.4, -0.2) is 53.0 Å². The summed E-state index contributed by atoms with van der Waals surface area (Å²) in [6.07, 6.45) is 2.02. The molecule has 1 aliphatic rings. The molecule has 3 rings (SSSR count). The van der Waals surface area contributed by atoms with Gasteiger partial charge in [-0.15, -0.1) is 0 Å². The fourth-order valence-corrected chi connectivity index (χ4v) is 4.46. The summed E-state index contributed by atoms with van der Waals surface area (Å²) in [5, 5.41) is 2.73. The number of carbonyl (C=O) groups excluding carboxylic acids is 1. The van der Waals surface area contributed by atoms with E-state index in [4.69, 9.17) is 14.2 Å². The number of carbonyl (C=O) groups is 1. The van der Waals surface area contributed by atoms with E-state index in [2.05, 4.69) is 12.2 Å². The Hall–Kier alpha value is -2.94. The molecule has 168 valence electrons. The third-order valence-electron chi connectivity index (χ3n) is 4.87. The van der Waals surface area contributed by atoms with Crippen LogP contribution < -0.4 is 23.8 Å². The van der Waals surface area contributed by atoms with E-state index in [1.54, 1.807) is 18.2 Å². The fourth-order valence-electron chi connectivity index (χ4n) is 3.29. The van der Waals surface area contributed by atoms with E-state index >= 15 is 0 Å². The number of nitrogens with zero attached hydrogens (tertiary/aromatic N) is 1. The zero-order valence-corrected chi connectivity index (χ0v) is 18.8. The van der Waals surface area contributed by atoms with Gasteiger partial charge in [-0.05, 0) is 43.2 Å². The van der Waals surface area contributed by atoms with Gasteiger partial charge in [0.15, 0.2) is 11.5 Å². The van der Waals surface area contributed by atoms with Crippen molar-refractivity contribution in [2.24, 2.45) is 0 Å². The lowest BCUT2D eigenvalue weighted by Crippen LogP contribution is -2.48. The van der Waals surface area contributed by atoms with Crippen LogP contribution in [0.3, 0.4) is 0 Å². The molecular weight excluding hydrogens is 420 g/mol. The van der Waals surface area contributed by atoms with E-state index in [-0.39, 0.29) is 13.2 Å². The Bertz CT molecular complexity index is 1010. The van der Waals surface area contributed by atoms with Gasteiger partial charge >= 0.3 is 0 Å². The van der Waals surface area contributed by atoms with Crippen LogP contribution in [0.4, 0.5) is 5.69 Å². The number of sulfonamides is 1. The molecule has 2 aromatic rings. The van der Waals surface area contributed by atoms with E-state index in [9.17, 15) is 13.2 Å². The molecule has 9 heteroatoms. The second-order valence-electron chi connectivity index (χ2n) is 7.20. The van der Waals surface area contributed by atoms with Crippen molar-refractivity contribution in [2.45, 2.75) is 26.3 Å². The summed E-state index contributed by atoms with van der Waals surface area (Å²) in [5.41, 5.74) is 1.55. The molecule has 0 radical (unpaired) electrons. The third kappa shape index (κ3) is 5.81. The zero-order valence-electron chi connectivity index (χ0n) is 18.0. The third-order valence-corrected chi connectivity index (χ3v) is 6.11. The Morgan fingerprint density at radius 2 is 1.81 bits per heavy atom. The van der Waals surface area contributed by atoms with Gasteiger partial charge in [0.1, 0.15) is 31.6 Å². The average Bonchev–Trinajstić information content (AvgIpc) is 2.76. The van der Waals surface area contributed by atoms with E-state index in [1.165, 1.54) is 12.5 Å². The number of rotatable bonds is 9. The van der Waals surface area contributed by atoms with Crippen LogP contribution in [0, 0.1) is 0 Å². The molecular formula is C22H28N2O6S. The minimum atomic E-state index is -3.72. The predicted molar refractivity (Wildman–Crippen MR) is 119 cm³/mol. The molecule has 1 atom stereocenters. The van der Waals surface area contributed by atoms with E-state index in [0.717, 1.165) is 17.0 Å². The predicted octanol–water partition coefficient (Wildman–Crippen LogP) is 2.37. The van der Waals surface area contributed by atoms with Crippen molar-refractivity contribution in [3.63, 3.8) is 0 Å². The number of amides is 1.